The molecule has 3 rings (SSSR count). The van der Waals surface area contributed by atoms with Crippen LogP contribution in [0, 0.1) is 6.92 Å². The van der Waals surface area contributed by atoms with E-state index in [0.717, 1.165) is 25.0 Å². The predicted molar refractivity (Wildman–Crippen MR) is 81.8 cm³/mol. The lowest BCUT2D eigenvalue weighted by atomic mass is 9.88. The van der Waals surface area contributed by atoms with E-state index in [1.807, 2.05) is 23.9 Å². The van der Waals surface area contributed by atoms with E-state index in [0.29, 0.717) is 13.0 Å². The van der Waals surface area contributed by atoms with Crippen molar-refractivity contribution in [2.75, 3.05) is 0 Å². The minimum absolute atomic E-state index is 0.102. The van der Waals surface area contributed by atoms with Gasteiger partial charge in [-0.05, 0) is 43.4 Å². The molecule has 0 spiro atoms. The van der Waals surface area contributed by atoms with Gasteiger partial charge in [0.15, 0.2) is 0 Å². The first-order valence-corrected chi connectivity index (χ1v) is 7.59. The molecule has 1 atom stereocenters. The Bertz CT molecular complexity index is 632. The molecule has 110 valence electrons. The zero-order chi connectivity index (χ0) is 14.7. The van der Waals surface area contributed by atoms with Crippen LogP contribution in [0.2, 0.25) is 0 Å². The number of hydrogen-bond acceptors (Lipinski definition) is 2. The van der Waals surface area contributed by atoms with E-state index >= 15 is 0 Å². The summed E-state index contributed by atoms with van der Waals surface area (Å²) < 4.78 is 1.82. The number of aromatic nitrogens is 2. The monoisotopic (exact) mass is 283 g/mol. The molecule has 1 aliphatic carbocycles. The number of carbonyl (C=O) groups is 1. The number of fused-ring (bicyclic) bond motifs is 1. The molecule has 0 saturated carbocycles. The van der Waals surface area contributed by atoms with E-state index < -0.39 is 0 Å². The smallest absolute Gasteiger partial charge is 0.222 e. The molecule has 4 nitrogen and oxygen atoms in total. The second-order valence-corrected chi connectivity index (χ2v) is 5.68. The van der Waals surface area contributed by atoms with Gasteiger partial charge in [0.1, 0.15) is 0 Å². The maximum Gasteiger partial charge on any atom is 0.222 e. The summed E-state index contributed by atoms with van der Waals surface area (Å²) in [7, 11) is 0. The average Bonchev–Trinajstić information content (AvgIpc) is 2.91. The van der Waals surface area contributed by atoms with Crippen molar-refractivity contribution in [3.63, 3.8) is 0 Å². The van der Waals surface area contributed by atoms with E-state index in [1.165, 1.54) is 11.1 Å². The molecule has 0 fully saturated rings. The summed E-state index contributed by atoms with van der Waals surface area (Å²) in [4.78, 5) is 12.1. The molecule has 0 radical (unpaired) electrons. The molecule has 1 N–H and O–H groups in total. The van der Waals surface area contributed by atoms with Gasteiger partial charge in [-0.2, -0.15) is 5.10 Å². The van der Waals surface area contributed by atoms with Crippen molar-refractivity contribution in [2.45, 2.75) is 45.2 Å². The highest BCUT2D eigenvalue weighted by Gasteiger charge is 2.21. The van der Waals surface area contributed by atoms with Crippen molar-refractivity contribution in [3.8, 4) is 0 Å². The van der Waals surface area contributed by atoms with Crippen LogP contribution >= 0.6 is 0 Å². The molecule has 1 heterocycles. The number of rotatable bonds is 4. The van der Waals surface area contributed by atoms with Crippen LogP contribution in [0.1, 0.15) is 42.1 Å². The highest BCUT2D eigenvalue weighted by atomic mass is 16.1. The second-order valence-electron chi connectivity index (χ2n) is 5.68. The van der Waals surface area contributed by atoms with E-state index in [2.05, 4.69) is 34.7 Å². The van der Waals surface area contributed by atoms with Crippen molar-refractivity contribution in [3.05, 3.63) is 53.3 Å². The molecule has 0 bridgehead atoms. The fraction of sp³-hybridized carbons (Fsp3) is 0.412. The zero-order valence-electron chi connectivity index (χ0n) is 12.4. The van der Waals surface area contributed by atoms with Crippen LogP contribution in [0.3, 0.4) is 0 Å². The standard InChI is InChI=1S/C17H21N3O/c1-13-9-11-20(19-13)12-10-17(21)18-16-8-4-6-14-5-2-3-7-15(14)16/h2-3,5,7,9,11,16H,4,6,8,10,12H2,1H3,(H,18,21)/t16-/m1/s1. The van der Waals surface area contributed by atoms with Gasteiger partial charge in [0.2, 0.25) is 5.91 Å². The molecular formula is C17H21N3O. The van der Waals surface area contributed by atoms with Crippen molar-refractivity contribution in [2.24, 2.45) is 0 Å². The zero-order valence-corrected chi connectivity index (χ0v) is 12.4. The number of aryl methyl sites for hydroxylation is 3. The number of benzene rings is 1. The highest BCUT2D eigenvalue weighted by Crippen LogP contribution is 2.29. The van der Waals surface area contributed by atoms with Gasteiger partial charge >= 0.3 is 0 Å². The molecule has 1 aliphatic rings. The molecule has 21 heavy (non-hydrogen) atoms. The molecular weight excluding hydrogens is 262 g/mol. The minimum Gasteiger partial charge on any atom is -0.349 e. The molecule has 2 aromatic rings. The summed E-state index contributed by atoms with van der Waals surface area (Å²) >= 11 is 0. The van der Waals surface area contributed by atoms with Crippen LogP contribution in [-0.2, 0) is 17.8 Å². The maximum absolute atomic E-state index is 12.1. The molecule has 0 aliphatic heterocycles. The Morgan fingerprint density at radius 3 is 3.05 bits per heavy atom. The van der Waals surface area contributed by atoms with Gasteiger partial charge < -0.3 is 5.32 Å². The third-order valence-electron chi connectivity index (χ3n) is 4.05. The van der Waals surface area contributed by atoms with Gasteiger partial charge in [-0.15, -0.1) is 0 Å². The Morgan fingerprint density at radius 1 is 1.38 bits per heavy atom. The number of nitrogens with zero attached hydrogens (tertiary/aromatic N) is 2. The topological polar surface area (TPSA) is 46.9 Å². The van der Waals surface area contributed by atoms with Gasteiger partial charge in [-0.25, -0.2) is 0 Å². The number of nitrogens with one attached hydrogen (secondary N) is 1. The SMILES string of the molecule is Cc1ccn(CCC(=O)N[C@@H]2CCCc3ccccc32)n1. The Kier molecular flexibility index (Phi) is 4.04. The Morgan fingerprint density at radius 2 is 2.24 bits per heavy atom. The van der Waals surface area contributed by atoms with Crippen molar-refractivity contribution in [1.82, 2.24) is 15.1 Å². The lowest BCUT2D eigenvalue weighted by molar-refractivity contribution is -0.122. The third kappa shape index (κ3) is 3.32. The fourth-order valence-corrected chi connectivity index (χ4v) is 2.97. The Balaban J connectivity index is 1.58. The first kappa shape index (κ1) is 13.9. The first-order chi connectivity index (χ1) is 10.2. The first-order valence-electron chi connectivity index (χ1n) is 7.59. The van der Waals surface area contributed by atoms with E-state index in [-0.39, 0.29) is 11.9 Å². The van der Waals surface area contributed by atoms with Gasteiger partial charge in [0.05, 0.1) is 11.7 Å². The van der Waals surface area contributed by atoms with Crippen molar-refractivity contribution >= 4 is 5.91 Å². The minimum atomic E-state index is 0.102. The highest BCUT2D eigenvalue weighted by molar-refractivity contribution is 5.76. The summed E-state index contributed by atoms with van der Waals surface area (Å²) in [6.45, 7) is 2.59. The molecule has 1 amide bonds. The summed E-state index contributed by atoms with van der Waals surface area (Å²) in [5.41, 5.74) is 3.64. The predicted octanol–water partition coefficient (Wildman–Crippen LogP) is 2.78. The van der Waals surface area contributed by atoms with E-state index in [4.69, 9.17) is 0 Å². The fourth-order valence-electron chi connectivity index (χ4n) is 2.97. The van der Waals surface area contributed by atoms with E-state index in [1.54, 1.807) is 0 Å². The largest absolute Gasteiger partial charge is 0.349 e. The summed E-state index contributed by atoms with van der Waals surface area (Å²) in [6.07, 6.45) is 5.68. The molecule has 0 saturated heterocycles. The number of amides is 1. The Labute approximate surface area is 125 Å². The van der Waals surface area contributed by atoms with Crippen LogP contribution in [0.4, 0.5) is 0 Å². The van der Waals surface area contributed by atoms with Crippen LogP contribution in [0.15, 0.2) is 36.5 Å². The third-order valence-corrected chi connectivity index (χ3v) is 4.05. The second kappa shape index (κ2) is 6.12. The number of hydrogen-bond donors (Lipinski definition) is 1. The van der Waals surface area contributed by atoms with Gasteiger partial charge in [-0.1, -0.05) is 24.3 Å². The van der Waals surface area contributed by atoms with Crippen LogP contribution < -0.4 is 5.32 Å². The quantitative estimate of drug-likeness (QED) is 0.938. The van der Waals surface area contributed by atoms with Gasteiger partial charge in [-0.3, -0.25) is 9.48 Å². The van der Waals surface area contributed by atoms with Gasteiger partial charge in [0, 0.05) is 19.2 Å². The summed E-state index contributed by atoms with van der Waals surface area (Å²) in [5.74, 6) is 0.102. The average molecular weight is 283 g/mol. The molecule has 4 heteroatoms. The van der Waals surface area contributed by atoms with Crippen LogP contribution in [0.25, 0.3) is 0 Å². The molecule has 0 unspecified atom stereocenters. The van der Waals surface area contributed by atoms with Gasteiger partial charge in [0.25, 0.3) is 0 Å². The summed E-state index contributed by atoms with van der Waals surface area (Å²) in [6, 6.07) is 10.5. The maximum atomic E-state index is 12.1. The van der Waals surface area contributed by atoms with Crippen molar-refractivity contribution < 1.29 is 4.79 Å². The van der Waals surface area contributed by atoms with E-state index in [9.17, 15) is 4.79 Å². The van der Waals surface area contributed by atoms with Crippen LogP contribution in [0.5, 0.6) is 0 Å². The normalized spacial score (nSPS) is 17.3. The lowest BCUT2D eigenvalue weighted by Crippen LogP contribution is -2.31. The molecule has 1 aromatic carbocycles. The van der Waals surface area contributed by atoms with Crippen molar-refractivity contribution in [1.29, 1.82) is 0 Å². The molecule has 1 aromatic heterocycles. The van der Waals surface area contributed by atoms with Crippen LogP contribution in [-0.4, -0.2) is 15.7 Å². The number of carbonyl (C=O) groups excluding carboxylic acids is 1. The Hall–Kier alpha value is -2.10. The summed E-state index contributed by atoms with van der Waals surface area (Å²) in [5, 5.41) is 7.47. The lowest BCUT2D eigenvalue weighted by Gasteiger charge is -2.26.